The molecule has 4 nitrogen and oxygen atoms in total. The summed E-state index contributed by atoms with van der Waals surface area (Å²) in [4.78, 5) is 12.2. The SMILES string of the molecule is CNc1ccc2[nH]c(-c3cc(Cl)ccc3C)nc2n1. The van der Waals surface area contributed by atoms with Gasteiger partial charge in [-0.25, -0.2) is 9.97 Å². The van der Waals surface area contributed by atoms with Gasteiger partial charge in [-0.3, -0.25) is 0 Å². The molecule has 0 spiro atoms. The molecule has 2 aromatic heterocycles. The number of hydrogen-bond donors (Lipinski definition) is 2. The van der Waals surface area contributed by atoms with Gasteiger partial charge in [0.1, 0.15) is 11.6 Å². The van der Waals surface area contributed by atoms with Crippen LogP contribution in [0.5, 0.6) is 0 Å². The van der Waals surface area contributed by atoms with E-state index in [1.54, 1.807) is 0 Å². The fourth-order valence-corrected chi connectivity index (χ4v) is 2.18. The van der Waals surface area contributed by atoms with Crippen LogP contribution in [-0.4, -0.2) is 22.0 Å². The third kappa shape index (κ3) is 2.15. The molecule has 0 aliphatic carbocycles. The lowest BCUT2D eigenvalue weighted by Crippen LogP contribution is -1.91. The van der Waals surface area contributed by atoms with Crippen molar-refractivity contribution < 1.29 is 0 Å². The number of anilines is 1. The lowest BCUT2D eigenvalue weighted by atomic mass is 10.1. The average Bonchev–Trinajstić information content (AvgIpc) is 2.83. The number of fused-ring (bicyclic) bond motifs is 1. The van der Waals surface area contributed by atoms with Crippen molar-refractivity contribution >= 4 is 28.6 Å². The summed E-state index contributed by atoms with van der Waals surface area (Å²) in [5, 5.41) is 3.70. The Balaban J connectivity index is 2.17. The standard InChI is InChI=1S/C14H13ClN4/c1-8-3-4-9(15)7-10(8)13-17-11-5-6-12(16-2)18-14(11)19-13/h3-7H,1-2H3,(H2,16,17,18,19). The van der Waals surface area contributed by atoms with Crippen molar-refractivity contribution in [2.24, 2.45) is 0 Å². The molecule has 2 heterocycles. The van der Waals surface area contributed by atoms with Crippen molar-refractivity contribution in [3.63, 3.8) is 0 Å². The Morgan fingerprint density at radius 3 is 2.79 bits per heavy atom. The first-order chi connectivity index (χ1) is 9.17. The lowest BCUT2D eigenvalue weighted by molar-refractivity contribution is 1.27. The summed E-state index contributed by atoms with van der Waals surface area (Å²) in [5.41, 5.74) is 3.73. The minimum absolute atomic E-state index is 0.696. The molecule has 1 aromatic carbocycles. The topological polar surface area (TPSA) is 53.6 Å². The van der Waals surface area contributed by atoms with E-state index in [1.165, 1.54) is 0 Å². The predicted molar refractivity (Wildman–Crippen MR) is 78.6 cm³/mol. The first kappa shape index (κ1) is 12.0. The van der Waals surface area contributed by atoms with Crippen molar-refractivity contribution in [1.29, 1.82) is 0 Å². The molecule has 96 valence electrons. The second kappa shape index (κ2) is 4.55. The van der Waals surface area contributed by atoms with Crippen LogP contribution >= 0.6 is 11.6 Å². The van der Waals surface area contributed by atoms with E-state index in [0.29, 0.717) is 10.7 Å². The first-order valence-electron chi connectivity index (χ1n) is 5.98. The number of halogens is 1. The Bertz CT molecular complexity index is 748. The van der Waals surface area contributed by atoms with Gasteiger partial charge in [-0.05, 0) is 36.8 Å². The molecule has 3 aromatic rings. The van der Waals surface area contributed by atoms with Crippen molar-refractivity contribution in [3.8, 4) is 11.4 Å². The molecule has 0 aliphatic rings. The number of rotatable bonds is 2. The molecule has 5 heteroatoms. The van der Waals surface area contributed by atoms with Gasteiger partial charge in [0, 0.05) is 17.6 Å². The molecule has 19 heavy (non-hydrogen) atoms. The number of aromatic nitrogens is 3. The normalized spacial score (nSPS) is 10.9. The van der Waals surface area contributed by atoms with E-state index < -0.39 is 0 Å². The maximum atomic E-state index is 6.05. The highest BCUT2D eigenvalue weighted by Gasteiger charge is 2.09. The van der Waals surface area contributed by atoms with Crippen LogP contribution in [0, 0.1) is 6.92 Å². The molecule has 2 N–H and O–H groups in total. The average molecular weight is 273 g/mol. The maximum absolute atomic E-state index is 6.05. The monoisotopic (exact) mass is 272 g/mol. The summed E-state index contributed by atoms with van der Waals surface area (Å²) in [6.07, 6.45) is 0. The van der Waals surface area contributed by atoms with Gasteiger partial charge in [0.15, 0.2) is 5.65 Å². The second-order valence-electron chi connectivity index (χ2n) is 4.36. The van der Waals surface area contributed by atoms with Crippen LogP contribution < -0.4 is 5.32 Å². The highest BCUT2D eigenvalue weighted by molar-refractivity contribution is 6.30. The molecule has 3 rings (SSSR count). The molecule has 0 saturated heterocycles. The van der Waals surface area contributed by atoms with Gasteiger partial charge in [-0.15, -0.1) is 0 Å². The van der Waals surface area contributed by atoms with Crippen LogP contribution in [0.25, 0.3) is 22.6 Å². The van der Waals surface area contributed by atoms with Gasteiger partial charge in [-0.2, -0.15) is 0 Å². The quantitative estimate of drug-likeness (QED) is 0.749. The Hall–Kier alpha value is -2.07. The summed E-state index contributed by atoms with van der Waals surface area (Å²) in [7, 11) is 1.84. The van der Waals surface area contributed by atoms with E-state index in [-0.39, 0.29) is 0 Å². The summed E-state index contributed by atoms with van der Waals surface area (Å²) in [6.45, 7) is 2.03. The first-order valence-corrected chi connectivity index (χ1v) is 6.36. The predicted octanol–water partition coefficient (Wildman–Crippen LogP) is 3.63. The number of aryl methyl sites for hydroxylation is 1. The fraction of sp³-hybridized carbons (Fsp3) is 0.143. The number of hydrogen-bond acceptors (Lipinski definition) is 3. The molecule has 0 saturated carbocycles. The van der Waals surface area contributed by atoms with Crippen LogP contribution in [-0.2, 0) is 0 Å². The maximum Gasteiger partial charge on any atom is 0.180 e. The number of nitrogens with zero attached hydrogens (tertiary/aromatic N) is 2. The number of benzene rings is 1. The summed E-state index contributed by atoms with van der Waals surface area (Å²) >= 11 is 6.05. The number of nitrogens with one attached hydrogen (secondary N) is 2. The van der Waals surface area contributed by atoms with Crippen LogP contribution in [0.2, 0.25) is 5.02 Å². The summed E-state index contributed by atoms with van der Waals surface area (Å²) in [5.74, 6) is 1.59. The van der Waals surface area contributed by atoms with E-state index >= 15 is 0 Å². The highest BCUT2D eigenvalue weighted by Crippen LogP contribution is 2.26. The molecular formula is C14H13ClN4. The molecule has 0 amide bonds. The molecule has 0 aliphatic heterocycles. The molecule has 0 unspecified atom stereocenters. The van der Waals surface area contributed by atoms with Gasteiger partial charge in [0.2, 0.25) is 0 Å². The molecule has 0 fully saturated rings. The third-order valence-electron chi connectivity index (χ3n) is 3.06. The van der Waals surface area contributed by atoms with Crippen LogP contribution in [0.3, 0.4) is 0 Å². The van der Waals surface area contributed by atoms with Crippen molar-refractivity contribution in [1.82, 2.24) is 15.0 Å². The minimum atomic E-state index is 0.696. The lowest BCUT2D eigenvalue weighted by Gasteiger charge is -2.02. The van der Waals surface area contributed by atoms with Gasteiger partial charge in [0.25, 0.3) is 0 Å². The zero-order valence-electron chi connectivity index (χ0n) is 10.7. The number of pyridine rings is 1. The van der Waals surface area contributed by atoms with Crippen molar-refractivity contribution in [3.05, 3.63) is 40.9 Å². The van der Waals surface area contributed by atoms with Gasteiger partial charge >= 0.3 is 0 Å². The van der Waals surface area contributed by atoms with Crippen molar-refractivity contribution in [2.75, 3.05) is 12.4 Å². The Morgan fingerprint density at radius 2 is 2.00 bits per heavy atom. The van der Waals surface area contributed by atoms with E-state index in [1.807, 2.05) is 44.3 Å². The number of aromatic amines is 1. The van der Waals surface area contributed by atoms with E-state index in [2.05, 4.69) is 20.3 Å². The van der Waals surface area contributed by atoms with Crippen LogP contribution in [0.1, 0.15) is 5.56 Å². The van der Waals surface area contributed by atoms with Gasteiger partial charge in [0.05, 0.1) is 5.52 Å². The summed E-state index contributed by atoms with van der Waals surface area (Å²) in [6, 6.07) is 9.64. The molecule has 0 atom stereocenters. The number of imidazole rings is 1. The number of H-pyrrole nitrogens is 1. The van der Waals surface area contributed by atoms with Gasteiger partial charge < -0.3 is 10.3 Å². The van der Waals surface area contributed by atoms with Crippen LogP contribution in [0.15, 0.2) is 30.3 Å². The van der Waals surface area contributed by atoms with E-state index in [9.17, 15) is 0 Å². The zero-order chi connectivity index (χ0) is 13.4. The Kier molecular flexibility index (Phi) is 2.87. The second-order valence-corrected chi connectivity index (χ2v) is 4.80. The summed E-state index contributed by atoms with van der Waals surface area (Å²) < 4.78 is 0. The third-order valence-corrected chi connectivity index (χ3v) is 3.29. The van der Waals surface area contributed by atoms with E-state index in [4.69, 9.17) is 11.6 Å². The highest BCUT2D eigenvalue weighted by atomic mass is 35.5. The Labute approximate surface area is 115 Å². The molecule has 0 radical (unpaired) electrons. The minimum Gasteiger partial charge on any atom is -0.373 e. The molecular weight excluding hydrogens is 260 g/mol. The van der Waals surface area contributed by atoms with Crippen LogP contribution in [0.4, 0.5) is 5.82 Å². The molecule has 0 bridgehead atoms. The van der Waals surface area contributed by atoms with Crippen molar-refractivity contribution in [2.45, 2.75) is 6.92 Å². The largest absolute Gasteiger partial charge is 0.373 e. The zero-order valence-corrected chi connectivity index (χ0v) is 11.4. The smallest absolute Gasteiger partial charge is 0.180 e. The Morgan fingerprint density at radius 1 is 1.16 bits per heavy atom. The van der Waals surface area contributed by atoms with E-state index in [0.717, 1.165) is 28.3 Å². The van der Waals surface area contributed by atoms with Gasteiger partial charge in [-0.1, -0.05) is 17.7 Å². The fourth-order valence-electron chi connectivity index (χ4n) is 2.01.